The van der Waals surface area contributed by atoms with Crippen LogP contribution in [0, 0.1) is 5.41 Å². The molecule has 2 fully saturated rings. The number of benzene rings is 2. The molecule has 0 aliphatic carbocycles. The number of hydrogen-bond donors (Lipinski definition) is 0. The topological polar surface area (TPSA) is 61.1 Å². The van der Waals surface area contributed by atoms with Gasteiger partial charge in [-0.05, 0) is 29.8 Å². The quantitative estimate of drug-likeness (QED) is 0.568. The number of ether oxygens (including phenoxy) is 3. The predicted molar refractivity (Wildman–Crippen MR) is 110 cm³/mol. The van der Waals surface area contributed by atoms with E-state index in [4.69, 9.17) is 13.9 Å². The Morgan fingerprint density at radius 1 is 1.03 bits per heavy atom. The molecule has 0 radical (unpaired) electrons. The maximum Gasteiger partial charge on any atom is 0.573 e. The van der Waals surface area contributed by atoms with Gasteiger partial charge in [0.05, 0.1) is 24.2 Å². The van der Waals surface area contributed by atoms with Crippen molar-refractivity contribution in [2.75, 3.05) is 39.5 Å². The average molecular weight is 447 g/mol. The zero-order chi connectivity index (χ0) is 22.3. The molecule has 2 aliphatic heterocycles. The SMILES string of the molecule is O=c1c(-c2ccc(OC(F)(F)F)cc2)coc2cc(OCCN3CC4(COC4)C3)ccc12. The predicted octanol–water partition coefficient (Wildman–Crippen LogP) is 4.07. The highest BCUT2D eigenvalue weighted by Gasteiger charge is 2.48. The molecule has 6 nitrogen and oxygen atoms in total. The number of rotatable bonds is 6. The minimum absolute atomic E-state index is 0.247. The summed E-state index contributed by atoms with van der Waals surface area (Å²) in [5.41, 5.74) is 1.14. The molecule has 0 bridgehead atoms. The van der Waals surface area contributed by atoms with Crippen LogP contribution < -0.4 is 14.9 Å². The Balaban J connectivity index is 1.25. The summed E-state index contributed by atoms with van der Waals surface area (Å²) >= 11 is 0. The fraction of sp³-hybridized carbons (Fsp3) is 0.348. The molecule has 0 amide bonds. The molecule has 3 aromatic rings. The first kappa shape index (κ1) is 20.8. The van der Waals surface area contributed by atoms with E-state index in [0.29, 0.717) is 34.3 Å². The van der Waals surface area contributed by atoms with Gasteiger partial charge in [0.2, 0.25) is 0 Å². The normalized spacial score (nSPS) is 17.7. The zero-order valence-corrected chi connectivity index (χ0v) is 17.0. The summed E-state index contributed by atoms with van der Waals surface area (Å²) in [6, 6.07) is 10.1. The molecular formula is C23H20F3NO5. The van der Waals surface area contributed by atoms with Gasteiger partial charge in [0.25, 0.3) is 0 Å². The van der Waals surface area contributed by atoms with Gasteiger partial charge in [-0.1, -0.05) is 12.1 Å². The van der Waals surface area contributed by atoms with E-state index >= 15 is 0 Å². The van der Waals surface area contributed by atoms with Crippen molar-refractivity contribution >= 4 is 11.0 Å². The van der Waals surface area contributed by atoms with E-state index in [1.807, 2.05) is 0 Å². The van der Waals surface area contributed by atoms with Crippen LogP contribution in [0.3, 0.4) is 0 Å². The van der Waals surface area contributed by atoms with Gasteiger partial charge in [0.1, 0.15) is 30.0 Å². The number of likely N-dealkylation sites (tertiary alicyclic amines) is 1. The zero-order valence-electron chi connectivity index (χ0n) is 17.0. The Morgan fingerprint density at radius 2 is 1.75 bits per heavy atom. The lowest BCUT2D eigenvalue weighted by molar-refractivity contribution is -0.274. The van der Waals surface area contributed by atoms with Crippen molar-refractivity contribution in [1.82, 2.24) is 4.90 Å². The first-order valence-corrected chi connectivity index (χ1v) is 10.2. The highest BCUT2D eigenvalue weighted by Crippen LogP contribution is 2.37. The molecule has 0 unspecified atom stereocenters. The summed E-state index contributed by atoms with van der Waals surface area (Å²) in [6.45, 7) is 5.11. The van der Waals surface area contributed by atoms with E-state index < -0.39 is 6.36 Å². The van der Waals surface area contributed by atoms with Crippen molar-refractivity contribution in [3.8, 4) is 22.6 Å². The van der Waals surface area contributed by atoms with Crippen molar-refractivity contribution in [1.29, 1.82) is 0 Å². The first-order chi connectivity index (χ1) is 15.3. The molecule has 9 heteroatoms. The lowest BCUT2D eigenvalue weighted by Crippen LogP contribution is -2.66. The third-order valence-electron chi connectivity index (χ3n) is 5.76. The van der Waals surface area contributed by atoms with E-state index in [9.17, 15) is 18.0 Å². The van der Waals surface area contributed by atoms with Crippen LogP contribution in [0.1, 0.15) is 0 Å². The number of halogens is 3. The molecule has 2 aliphatic rings. The van der Waals surface area contributed by atoms with Crippen molar-refractivity contribution in [2.45, 2.75) is 6.36 Å². The second-order valence-corrected chi connectivity index (χ2v) is 8.26. The van der Waals surface area contributed by atoms with Gasteiger partial charge in [-0.3, -0.25) is 9.69 Å². The highest BCUT2D eigenvalue weighted by molar-refractivity contribution is 5.82. The summed E-state index contributed by atoms with van der Waals surface area (Å²) in [7, 11) is 0. The molecule has 168 valence electrons. The van der Waals surface area contributed by atoms with E-state index in [0.717, 1.165) is 45.0 Å². The second kappa shape index (κ2) is 7.83. The van der Waals surface area contributed by atoms with E-state index in [2.05, 4.69) is 9.64 Å². The van der Waals surface area contributed by atoms with Crippen LogP contribution in [-0.4, -0.2) is 50.7 Å². The van der Waals surface area contributed by atoms with Gasteiger partial charge in [-0.15, -0.1) is 13.2 Å². The minimum atomic E-state index is -4.77. The van der Waals surface area contributed by atoms with Gasteiger partial charge >= 0.3 is 6.36 Å². The van der Waals surface area contributed by atoms with E-state index in [1.54, 1.807) is 18.2 Å². The molecule has 1 spiro atoms. The molecular weight excluding hydrogens is 427 g/mol. The Kier molecular flexibility index (Phi) is 5.10. The summed E-state index contributed by atoms with van der Waals surface area (Å²) in [5, 5.41) is 0.361. The van der Waals surface area contributed by atoms with Crippen molar-refractivity contribution in [3.63, 3.8) is 0 Å². The number of nitrogens with zero attached hydrogens (tertiary/aromatic N) is 1. The molecule has 2 saturated heterocycles. The van der Waals surface area contributed by atoms with Crippen LogP contribution in [0.2, 0.25) is 0 Å². The second-order valence-electron chi connectivity index (χ2n) is 8.26. The molecule has 2 aromatic carbocycles. The molecule has 1 aromatic heterocycles. The summed E-state index contributed by atoms with van der Waals surface area (Å²) in [5.74, 6) is 0.243. The Morgan fingerprint density at radius 3 is 2.41 bits per heavy atom. The fourth-order valence-corrected chi connectivity index (χ4v) is 4.16. The molecule has 3 heterocycles. The van der Waals surface area contributed by atoms with Crippen LogP contribution in [-0.2, 0) is 4.74 Å². The van der Waals surface area contributed by atoms with Crippen LogP contribution in [0.4, 0.5) is 13.2 Å². The molecule has 32 heavy (non-hydrogen) atoms. The van der Waals surface area contributed by atoms with Crippen LogP contribution in [0.15, 0.2) is 57.9 Å². The average Bonchev–Trinajstić information content (AvgIpc) is 2.68. The fourth-order valence-electron chi connectivity index (χ4n) is 4.16. The Hall–Kier alpha value is -3.04. The van der Waals surface area contributed by atoms with Crippen LogP contribution in [0.5, 0.6) is 11.5 Å². The van der Waals surface area contributed by atoms with Crippen LogP contribution in [0.25, 0.3) is 22.1 Å². The van der Waals surface area contributed by atoms with Crippen LogP contribution >= 0.6 is 0 Å². The third kappa shape index (κ3) is 4.18. The Labute approximate surface area is 181 Å². The van der Waals surface area contributed by atoms with Crippen molar-refractivity contribution in [3.05, 3.63) is 59.0 Å². The lowest BCUT2D eigenvalue weighted by atomic mass is 9.78. The molecule has 0 saturated carbocycles. The summed E-state index contributed by atoms with van der Waals surface area (Å²) in [4.78, 5) is 15.2. The summed E-state index contributed by atoms with van der Waals surface area (Å²) in [6.07, 6.45) is -3.47. The van der Waals surface area contributed by atoms with Gasteiger partial charge in [-0.2, -0.15) is 0 Å². The number of fused-ring (bicyclic) bond motifs is 1. The third-order valence-corrected chi connectivity index (χ3v) is 5.76. The Bertz CT molecular complexity index is 1180. The minimum Gasteiger partial charge on any atom is -0.492 e. The van der Waals surface area contributed by atoms with E-state index in [1.165, 1.54) is 18.4 Å². The van der Waals surface area contributed by atoms with Crippen molar-refractivity contribution in [2.24, 2.45) is 5.41 Å². The smallest absolute Gasteiger partial charge is 0.492 e. The molecule has 5 rings (SSSR count). The van der Waals surface area contributed by atoms with Crippen molar-refractivity contribution < 1.29 is 31.8 Å². The van der Waals surface area contributed by atoms with Gasteiger partial charge in [0, 0.05) is 31.1 Å². The van der Waals surface area contributed by atoms with E-state index in [-0.39, 0.29) is 16.7 Å². The number of hydrogen-bond acceptors (Lipinski definition) is 6. The van der Waals surface area contributed by atoms with Gasteiger partial charge < -0.3 is 18.6 Å². The molecule has 0 atom stereocenters. The first-order valence-electron chi connectivity index (χ1n) is 10.2. The monoisotopic (exact) mass is 447 g/mol. The maximum atomic E-state index is 12.9. The number of alkyl halides is 3. The molecule has 0 N–H and O–H groups in total. The maximum absolute atomic E-state index is 12.9. The standard InChI is InChI=1S/C23H20F3NO5/c24-23(25,26)32-16-3-1-15(2-4-16)19-10-31-20-9-17(5-6-18(20)21(19)28)30-8-7-27-11-22(12-27)13-29-14-22/h1-6,9-10H,7-8,11-14H2. The summed E-state index contributed by atoms with van der Waals surface area (Å²) < 4.78 is 57.5. The van der Waals surface area contributed by atoms with Gasteiger partial charge in [0.15, 0.2) is 5.43 Å². The highest BCUT2D eigenvalue weighted by atomic mass is 19.4. The lowest BCUT2D eigenvalue weighted by Gasteiger charge is -2.55. The largest absolute Gasteiger partial charge is 0.573 e. The van der Waals surface area contributed by atoms with Gasteiger partial charge in [-0.25, -0.2) is 0 Å².